The van der Waals surface area contributed by atoms with Crippen LogP contribution in [-0.4, -0.2) is 44.4 Å². The molecule has 4 rings (SSSR count). The zero-order chi connectivity index (χ0) is 22.6. The third-order valence-electron chi connectivity index (χ3n) is 10.7. The summed E-state index contributed by atoms with van der Waals surface area (Å²) in [4.78, 5) is 0. The highest BCUT2D eigenvalue weighted by Gasteiger charge is 2.63. The normalized spacial score (nSPS) is 45.6. The Morgan fingerprint density at radius 1 is 1.13 bits per heavy atom. The molecule has 0 saturated heterocycles. The van der Waals surface area contributed by atoms with Crippen LogP contribution in [0.1, 0.15) is 65.7 Å². The van der Waals surface area contributed by atoms with Gasteiger partial charge in [-0.25, -0.2) is 0 Å². The molecule has 1 unspecified atom stereocenters. The molecule has 0 aromatic carbocycles. The first-order valence-electron chi connectivity index (χ1n) is 12.3. The highest BCUT2D eigenvalue weighted by atomic mass is 16.7. The predicted molar refractivity (Wildman–Crippen MR) is 123 cm³/mol. The van der Waals surface area contributed by atoms with E-state index in [0.29, 0.717) is 23.2 Å². The lowest BCUT2D eigenvalue weighted by atomic mass is 9.46. The molecule has 4 aliphatic carbocycles. The van der Waals surface area contributed by atoms with E-state index < -0.39 is 11.9 Å². The van der Waals surface area contributed by atoms with Gasteiger partial charge >= 0.3 is 0 Å². The van der Waals surface area contributed by atoms with E-state index in [4.69, 9.17) is 14.2 Å². The average molecular weight is 433 g/mol. The second-order valence-corrected chi connectivity index (χ2v) is 11.4. The molecule has 0 aromatic rings. The van der Waals surface area contributed by atoms with E-state index in [-0.39, 0.29) is 17.4 Å². The molecule has 0 amide bonds. The van der Waals surface area contributed by atoms with Crippen LogP contribution >= 0.6 is 0 Å². The van der Waals surface area contributed by atoms with Crippen molar-refractivity contribution in [3.8, 4) is 0 Å². The van der Waals surface area contributed by atoms with Crippen molar-refractivity contribution >= 4 is 0 Å². The number of allylic oxidation sites excluding steroid dienone is 1. The van der Waals surface area contributed by atoms with Gasteiger partial charge in [0.2, 0.25) is 0 Å². The first-order valence-corrected chi connectivity index (χ1v) is 12.3. The van der Waals surface area contributed by atoms with Crippen LogP contribution in [0.2, 0.25) is 0 Å². The minimum atomic E-state index is -0.573. The van der Waals surface area contributed by atoms with Crippen LogP contribution < -0.4 is 0 Å². The lowest BCUT2D eigenvalue weighted by Crippen LogP contribution is -2.59. The Bertz CT molecular complexity index is 712. The Hall–Kier alpha value is -0.680. The molecule has 0 spiro atoms. The summed E-state index contributed by atoms with van der Waals surface area (Å²) in [5.41, 5.74) is 1.83. The molecule has 0 bridgehead atoms. The molecule has 0 heterocycles. The molecule has 0 aliphatic heterocycles. The van der Waals surface area contributed by atoms with Gasteiger partial charge in [0.15, 0.2) is 5.79 Å². The van der Waals surface area contributed by atoms with Gasteiger partial charge in [0.1, 0.15) is 0 Å². The monoisotopic (exact) mass is 432 g/mol. The zero-order valence-corrected chi connectivity index (χ0v) is 20.5. The third-order valence-corrected chi connectivity index (χ3v) is 10.7. The summed E-state index contributed by atoms with van der Waals surface area (Å²) in [5.74, 6) is 2.33. The fraction of sp³-hybridized carbons (Fsp3) is 0.852. The molecular weight excluding hydrogens is 388 g/mol. The first-order chi connectivity index (χ1) is 14.7. The molecule has 3 saturated carbocycles. The van der Waals surface area contributed by atoms with Crippen LogP contribution in [0.4, 0.5) is 0 Å². The Morgan fingerprint density at radius 3 is 2.45 bits per heavy atom. The maximum absolute atomic E-state index is 10.5. The second-order valence-electron chi connectivity index (χ2n) is 11.4. The van der Waals surface area contributed by atoms with Crippen molar-refractivity contribution in [1.82, 2.24) is 0 Å². The van der Waals surface area contributed by atoms with Crippen LogP contribution in [0.3, 0.4) is 0 Å². The van der Waals surface area contributed by atoms with Crippen LogP contribution in [0.5, 0.6) is 0 Å². The molecule has 4 aliphatic rings. The van der Waals surface area contributed by atoms with Crippen LogP contribution in [0.25, 0.3) is 0 Å². The van der Waals surface area contributed by atoms with Crippen molar-refractivity contribution in [2.24, 2.45) is 40.4 Å². The highest BCUT2D eigenvalue weighted by Crippen LogP contribution is 2.68. The van der Waals surface area contributed by atoms with E-state index in [2.05, 4.69) is 33.4 Å². The number of rotatable bonds is 6. The van der Waals surface area contributed by atoms with Crippen molar-refractivity contribution in [3.05, 3.63) is 24.3 Å². The van der Waals surface area contributed by atoms with E-state index in [1.54, 1.807) is 20.3 Å². The van der Waals surface area contributed by atoms with Crippen molar-refractivity contribution in [1.29, 1.82) is 0 Å². The minimum Gasteiger partial charge on any atom is -0.389 e. The molecule has 1 N–H and O–H groups in total. The van der Waals surface area contributed by atoms with E-state index in [1.807, 2.05) is 7.11 Å². The summed E-state index contributed by atoms with van der Waals surface area (Å²) in [6.07, 6.45) is 11.7. The van der Waals surface area contributed by atoms with Gasteiger partial charge in [0.05, 0.1) is 12.2 Å². The zero-order valence-electron chi connectivity index (χ0n) is 20.5. The summed E-state index contributed by atoms with van der Waals surface area (Å²) in [5, 5.41) is 10.5. The van der Waals surface area contributed by atoms with Crippen molar-refractivity contribution in [2.45, 2.75) is 83.7 Å². The molecule has 31 heavy (non-hydrogen) atoms. The lowest BCUT2D eigenvalue weighted by Gasteiger charge is -2.61. The number of ether oxygens (including phenoxy) is 3. The Labute approximate surface area is 189 Å². The number of fused-ring (bicyclic) bond motifs is 5. The van der Waals surface area contributed by atoms with Crippen molar-refractivity contribution in [3.63, 3.8) is 0 Å². The van der Waals surface area contributed by atoms with Crippen molar-refractivity contribution in [2.75, 3.05) is 21.3 Å². The maximum atomic E-state index is 10.5. The quantitative estimate of drug-likeness (QED) is 0.453. The predicted octanol–water partition coefficient (Wildman–Crippen LogP) is 5.36. The molecule has 9 atom stereocenters. The summed E-state index contributed by atoms with van der Waals surface area (Å²) in [7, 11) is 5.37. The number of aliphatic hydroxyl groups excluding tert-OH is 1. The highest BCUT2D eigenvalue weighted by molar-refractivity contribution is 5.29. The third kappa shape index (κ3) is 3.31. The Kier molecular flexibility index (Phi) is 6.26. The van der Waals surface area contributed by atoms with Gasteiger partial charge in [-0.05, 0) is 67.1 Å². The SMILES string of the molecule is C=CC(O)[C@@H](C)[C@H]1CC[C@H]2[C@@H]3CC=C4CC(OC)(OC)C[C@H](OC)[C@]4(C)[C@H]3CC[C@]12C. The van der Waals surface area contributed by atoms with E-state index in [9.17, 15) is 5.11 Å². The smallest absolute Gasteiger partial charge is 0.173 e. The summed E-state index contributed by atoms with van der Waals surface area (Å²) in [6.45, 7) is 11.1. The topological polar surface area (TPSA) is 47.9 Å². The number of methoxy groups -OCH3 is 3. The van der Waals surface area contributed by atoms with Gasteiger partial charge in [0.25, 0.3) is 0 Å². The van der Waals surface area contributed by atoms with Gasteiger partial charge in [-0.15, -0.1) is 6.58 Å². The summed E-state index contributed by atoms with van der Waals surface area (Å²) < 4.78 is 17.9. The van der Waals surface area contributed by atoms with Gasteiger partial charge < -0.3 is 19.3 Å². The molecule has 0 radical (unpaired) electrons. The van der Waals surface area contributed by atoms with Crippen molar-refractivity contribution < 1.29 is 19.3 Å². The second kappa shape index (κ2) is 8.27. The van der Waals surface area contributed by atoms with Crippen LogP contribution in [0, 0.1) is 40.4 Å². The minimum absolute atomic E-state index is 0.0455. The number of hydrogen-bond acceptors (Lipinski definition) is 4. The van der Waals surface area contributed by atoms with E-state index >= 15 is 0 Å². The fourth-order valence-electron chi connectivity index (χ4n) is 8.74. The van der Waals surface area contributed by atoms with Gasteiger partial charge in [-0.1, -0.05) is 38.5 Å². The van der Waals surface area contributed by atoms with Gasteiger partial charge in [-0.2, -0.15) is 0 Å². The van der Waals surface area contributed by atoms with Gasteiger partial charge in [-0.3, -0.25) is 0 Å². The molecule has 4 nitrogen and oxygen atoms in total. The number of aliphatic hydroxyl groups is 1. The molecular formula is C27H44O4. The van der Waals surface area contributed by atoms with Crippen LogP contribution in [0.15, 0.2) is 24.3 Å². The molecule has 3 fully saturated rings. The molecule has 0 aromatic heterocycles. The largest absolute Gasteiger partial charge is 0.389 e. The van der Waals surface area contributed by atoms with E-state index in [0.717, 1.165) is 25.2 Å². The fourth-order valence-corrected chi connectivity index (χ4v) is 8.74. The summed E-state index contributed by atoms with van der Waals surface area (Å²) in [6, 6.07) is 0. The van der Waals surface area contributed by atoms with Crippen LogP contribution in [-0.2, 0) is 14.2 Å². The van der Waals surface area contributed by atoms with E-state index in [1.165, 1.54) is 31.3 Å². The Balaban J connectivity index is 1.66. The number of hydrogen-bond donors (Lipinski definition) is 1. The standard InChI is InChI=1S/C27H44O4/c1-8-23(28)17(2)20-11-12-21-19-10-9-18-15-27(30-6,31-7)16-24(29-5)26(18,4)22(19)13-14-25(20,21)3/h8-9,17,19-24,28H,1,10-16H2,2-7H3/t17-,19-,20+,21-,22-,23?,24-,25+,26-/m0/s1. The van der Waals surface area contributed by atoms with Gasteiger partial charge in [0, 0.05) is 39.6 Å². The summed E-state index contributed by atoms with van der Waals surface area (Å²) >= 11 is 0. The molecule has 4 heteroatoms. The lowest BCUT2D eigenvalue weighted by molar-refractivity contribution is -0.253. The maximum Gasteiger partial charge on any atom is 0.173 e. The first kappa shape index (κ1) is 23.5. The Morgan fingerprint density at radius 2 is 1.84 bits per heavy atom. The molecule has 176 valence electrons. The average Bonchev–Trinajstić information content (AvgIpc) is 3.14.